The van der Waals surface area contributed by atoms with E-state index in [9.17, 15) is 0 Å². The first kappa shape index (κ1) is 14.5. The van der Waals surface area contributed by atoms with E-state index in [0.717, 1.165) is 22.0 Å². The van der Waals surface area contributed by atoms with Crippen LogP contribution in [0, 0.1) is 0 Å². The molecule has 2 rings (SSSR count). The van der Waals surface area contributed by atoms with Gasteiger partial charge in [0.25, 0.3) is 0 Å². The highest BCUT2D eigenvalue weighted by atomic mass is 35.5. The Bertz CT molecular complexity index is 601. The van der Waals surface area contributed by atoms with Crippen LogP contribution in [0.3, 0.4) is 0 Å². The van der Waals surface area contributed by atoms with Crippen molar-refractivity contribution in [1.29, 1.82) is 0 Å². The maximum absolute atomic E-state index is 6.05. The average Bonchev–Trinajstić information content (AvgIpc) is 2.45. The van der Waals surface area contributed by atoms with Crippen molar-refractivity contribution in [2.24, 2.45) is 0 Å². The molecule has 1 unspecified atom stereocenters. The molecule has 1 atom stereocenters. The molecule has 0 spiro atoms. The third-order valence-electron chi connectivity index (χ3n) is 3.47. The largest absolute Gasteiger partial charge is 0.497 e. The second kappa shape index (κ2) is 6.06. The first-order valence-corrected chi connectivity index (χ1v) is 6.82. The van der Waals surface area contributed by atoms with Crippen molar-refractivity contribution in [2.45, 2.75) is 13.0 Å². The molecule has 0 saturated heterocycles. The number of nitrogens with zero attached hydrogens (tertiary/aromatic N) is 1. The maximum Gasteiger partial charge on any atom is 0.122 e. The molecule has 0 aliphatic heterocycles. The van der Waals surface area contributed by atoms with Crippen LogP contribution in [0.4, 0.5) is 11.4 Å². The van der Waals surface area contributed by atoms with E-state index in [2.05, 4.69) is 17.9 Å². The fourth-order valence-corrected chi connectivity index (χ4v) is 2.34. The summed E-state index contributed by atoms with van der Waals surface area (Å²) in [4.78, 5) is 2.14. The summed E-state index contributed by atoms with van der Waals surface area (Å²) in [6.07, 6.45) is 0. The topological polar surface area (TPSA) is 38.5 Å². The van der Waals surface area contributed by atoms with Crippen LogP contribution in [-0.2, 0) is 0 Å². The number of anilines is 2. The van der Waals surface area contributed by atoms with E-state index in [1.54, 1.807) is 13.2 Å². The van der Waals surface area contributed by atoms with Gasteiger partial charge in [0.2, 0.25) is 0 Å². The van der Waals surface area contributed by atoms with Crippen molar-refractivity contribution < 1.29 is 4.74 Å². The molecular weight excluding hydrogens is 272 g/mol. The van der Waals surface area contributed by atoms with Crippen molar-refractivity contribution in [1.82, 2.24) is 0 Å². The molecule has 4 heteroatoms. The molecule has 0 heterocycles. The Balaban J connectivity index is 2.30. The zero-order chi connectivity index (χ0) is 14.7. The average molecular weight is 291 g/mol. The van der Waals surface area contributed by atoms with Gasteiger partial charge in [-0.15, -0.1) is 0 Å². The van der Waals surface area contributed by atoms with E-state index in [-0.39, 0.29) is 6.04 Å². The molecule has 3 nitrogen and oxygen atoms in total. The molecule has 20 heavy (non-hydrogen) atoms. The van der Waals surface area contributed by atoms with Gasteiger partial charge < -0.3 is 15.4 Å². The number of methoxy groups -OCH3 is 1. The van der Waals surface area contributed by atoms with E-state index in [1.165, 1.54) is 0 Å². The minimum Gasteiger partial charge on any atom is -0.497 e. The molecule has 0 aliphatic rings. The molecule has 0 aliphatic carbocycles. The summed E-state index contributed by atoms with van der Waals surface area (Å²) in [5.41, 5.74) is 8.76. The summed E-state index contributed by atoms with van der Waals surface area (Å²) in [7, 11) is 3.67. The second-order valence-corrected chi connectivity index (χ2v) is 5.24. The highest BCUT2D eigenvalue weighted by Crippen LogP contribution is 2.31. The van der Waals surface area contributed by atoms with E-state index in [0.29, 0.717) is 5.69 Å². The summed E-state index contributed by atoms with van der Waals surface area (Å²) in [6, 6.07) is 13.8. The van der Waals surface area contributed by atoms with Crippen molar-refractivity contribution in [3.8, 4) is 5.75 Å². The Labute approximate surface area is 124 Å². The molecule has 2 aromatic carbocycles. The third kappa shape index (κ3) is 3.17. The summed E-state index contributed by atoms with van der Waals surface area (Å²) in [5, 5.41) is 0.743. The lowest BCUT2D eigenvalue weighted by Gasteiger charge is -2.28. The fourth-order valence-electron chi connectivity index (χ4n) is 2.14. The van der Waals surface area contributed by atoms with Crippen molar-refractivity contribution in [2.75, 3.05) is 24.8 Å². The number of hydrogen-bond donors (Lipinski definition) is 1. The Morgan fingerprint density at radius 1 is 1.20 bits per heavy atom. The standard InChI is InChI=1S/C16H19ClN2O/c1-11(12-5-4-6-13(17)7-12)19(2)15-8-14(18)9-16(10-15)20-3/h4-11H,18H2,1-3H3. The quantitative estimate of drug-likeness (QED) is 0.861. The Morgan fingerprint density at radius 2 is 1.95 bits per heavy atom. The Kier molecular flexibility index (Phi) is 4.40. The molecular formula is C16H19ClN2O. The van der Waals surface area contributed by atoms with Gasteiger partial charge in [-0.1, -0.05) is 23.7 Å². The number of ether oxygens (including phenoxy) is 1. The van der Waals surface area contributed by atoms with Gasteiger partial charge in [-0.05, 0) is 30.7 Å². The highest BCUT2D eigenvalue weighted by molar-refractivity contribution is 6.30. The number of benzene rings is 2. The molecule has 106 valence electrons. The van der Waals surface area contributed by atoms with Crippen molar-refractivity contribution >= 4 is 23.0 Å². The predicted octanol–water partition coefficient (Wildman–Crippen LogP) is 4.13. The monoisotopic (exact) mass is 290 g/mol. The van der Waals surface area contributed by atoms with Crippen LogP contribution < -0.4 is 15.4 Å². The minimum atomic E-state index is 0.181. The first-order chi connectivity index (χ1) is 9.51. The fraction of sp³-hybridized carbons (Fsp3) is 0.250. The molecule has 0 bridgehead atoms. The van der Waals surface area contributed by atoms with Crippen molar-refractivity contribution in [3.05, 3.63) is 53.1 Å². The van der Waals surface area contributed by atoms with Gasteiger partial charge in [-0.25, -0.2) is 0 Å². The van der Waals surface area contributed by atoms with Crippen LogP contribution in [0.2, 0.25) is 5.02 Å². The van der Waals surface area contributed by atoms with Gasteiger partial charge in [0.1, 0.15) is 5.75 Å². The second-order valence-electron chi connectivity index (χ2n) is 4.81. The molecule has 2 N–H and O–H groups in total. The Morgan fingerprint density at radius 3 is 2.60 bits per heavy atom. The Hall–Kier alpha value is -1.87. The smallest absolute Gasteiger partial charge is 0.122 e. The van der Waals surface area contributed by atoms with Gasteiger partial charge in [-0.3, -0.25) is 0 Å². The number of hydrogen-bond acceptors (Lipinski definition) is 3. The van der Waals surface area contributed by atoms with Gasteiger partial charge >= 0.3 is 0 Å². The summed E-state index contributed by atoms with van der Waals surface area (Å²) in [6.45, 7) is 2.13. The number of rotatable bonds is 4. The first-order valence-electron chi connectivity index (χ1n) is 6.44. The molecule has 0 saturated carbocycles. The van der Waals surface area contributed by atoms with E-state index >= 15 is 0 Å². The molecule has 2 aromatic rings. The van der Waals surface area contributed by atoms with Gasteiger partial charge in [0.15, 0.2) is 0 Å². The lowest BCUT2D eigenvalue weighted by molar-refractivity contribution is 0.415. The molecule has 0 radical (unpaired) electrons. The molecule has 0 amide bonds. The van der Waals surface area contributed by atoms with Crippen LogP contribution in [0.1, 0.15) is 18.5 Å². The molecule has 0 aromatic heterocycles. The van der Waals surface area contributed by atoms with Crippen LogP contribution >= 0.6 is 11.6 Å². The number of nitrogens with two attached hydrogens (primary N) is 1. The SMILES string of the molecule is COc1cc(N)cc(N(C)C(C)c2cccc(Cl)c2)c1. The van der Waals surface area contributed by atoms with E-state index in [4.69, 9.17) is 22.1 Å². The maximum atomic E-state index is 6.05. The van der Waals surface area contributed by atoms with E-state index < -0.39 is 0 Å². The lowest BCUT2D eigenvalue weighted by atomic mass is 10.1. The summed E-state index contributed by atoms with van der Waals surface area (Å²) >= 11 is 6.05. The zero-order valence-electron chi connectivity index (χ0n) is 11.9. The highest BCUT2D eigenvalue weighted by Gasteiger charge is 2.14. The van der Waals surface area contributed by atoms with Gasteiger partial charge in [0, 0.05) is 35.6 Å². The summed E-state index contributed by atoms with van der Waals surface area (Å²) < 4.78 is 5.26. The van der Waals surface area contributed by atoms with Crippen LogP contribution in [0.25, 0.3) is 0 Å². The number of nitrogen functional groups attached to an aromatic ring is 1. The predicted molar refractivity (Wildman–Crippen MR) is 85.7 cm³/mol. The lowest BCUT2D eigenvalue weighted by Crippen LogP contribution is -2.21. The van der Waals surface area contributed by atoms with Gasteiger partial charge in [0.05, 0.1) is 13.2 Å². The minimum absolute atomic E-state index is 0.181. The van der Waals surface area contributed by atoms with Gasteiger partial charge in [-0.2, -0.15) is 0 Å². The van der Waals surface area contributed by atoms with Crippen LogP contribution in [-0.4, -0.2) is 14.2 Å². The normalized spacial score (nSPS) is 12.0. The zero-order valence-corrected chi connectivity index (χ0v) is 12.7. The van der Waals surface area contributed by atoms with E-state index in [1.807, 2.05) is 37.4 Å². The third-order valence-corrected chi connectivity index (χ3v) is 3.70. The van der Waals surface area contributed by atoms with Crippen molar-refractivity contribution in [3.63, 3.8) is 0 Å². The summed E-state index contributed by atoms with van der Waals surface area (Å²) in [5.74, 6) is 0.755. The van der Waals surface area contributed by atoms with Crippen LogP contribution in [0.5, 0.6) is 5.75 Å². The molecule has 0 fully saturated rings. The van der Waals surface area contributed by atoms with Crippen LogP contribution in [0.15, 0.2) is 42.5 Å². The number of halogens is 1.